The molecule has 4 heteroatoms. The Morgan fingerprint density at radius 3 is 2.60 bits per heavy atom. The van der Waals surface area contributed by atoms with Crippen molar-refractivity contribution in [2.24, 2.45) is 0 Å². The van der Waals surface area contributed by atoms with Gasteiger partial charge in [-0.15, -0.1) is 0 Å². The monoisotopic (exact) mass is 402 g/mol. The fourth-order valence-corrected chi connectivity index (χ4v) is 4.10. The SMILES string of the molecule is C=C(C)C(=O)OC(C)(C)CB(C)Cc1ccc2cc(-c3ccccc3CC)oc2c1. The van der Waals surface area contributed by atoms with Gasteiger partial charge in [-0.25, -0.2) is 4.79 Å². The predicted molar refractivity (Wildman–Crippen MR) is 126 cm³/mol. The van der Waals surface area contributed by atoms with Crippen LogP contribution in [0.25, 0.3) is 22.3 Å². The van der Waals surface area contributed by atoms with E-state index < -0.39 is 5.60 Å². The van der Waals surface area contributed by atoms with Crippen LogP contribution in [0.1, 0.15) is 38.8 Å². The molecule has 0 fully saturated rings. The number of rotatable bonds is 8. The molecule has 3 nitrogen and oxygen atoms in total. The molecule has 0 spiro atoms. The van der Waals surface area contributed by atoms with Crippen molar-refractivity contribution >= 4 is 23.7 Å². The van der Waals surface area contributed by atoms with E-state index in [1.165, 1.54) is 11.1 Å². The standard InChI is InChI=1S/C26H31BO3/c1-7-20-10-8-9-11-22(20)24-15-21-13-12-19(14-23(21)29-24)16-27(6)17-26(4,5)30-25(28)18(2)3/h8-15H,2,7,16-17H2,1,3-6H3. The fourth-order valence-electron chi connectivity index (χ4n) is 4.10. The molecule has 30 heavy (non-hydrogen) atoms. The van der Waals surface area contributed by atoms with Crippen LogP contribution in [0.15, 0.2) is 65.1 Å². The van der Waals surface area contributed by atoms with Crippen LogP contribution in [0, 0.1) is 0 Å². The summed E-state index contributed by atoms with van der Waals surface area (Å²) in [4.78, 5) is 11.9. The molecule has 0 unspecified atom stereocenters. The molecule has 0 amide bonds. The van der Waals surface area contributed by atoms with Gasteiger partial charge in [0.25, 0.3) is 0 Å². The second-order valence-corrected chi connectivity index (χ2v) is 8.94. The molecular formula is C26H31BO3. The Kier molecular flexibility index (Phi) is 6.55. The number of benzene rings is 2. The topological polar surface area (TPSA) is 39.4 Å². The Bertz CT molecular complexity index is 1060. The largest absolute Gasteiger partial charge is 0.457 e. The maximum Gasteiger partial charge on any atom is 0.333 e. The second-order valence-electron chi connectivity index (χ2n) is 8.94. The van der Waals surface area contributed by atoms with Crippen molar-refractivity contribution in [3.05, 3.63) is 71.8 Å². The third-order valence-electron chi connectivity index (χ3n) is 5.39. The van der Waals surface area contributed by atoms with Gasteiger partial charge in [0.05, 0.1) is 0 Å². The van der Waals surface area contributed by atoms with Gasteiger partial charge in [0.15, 0.2) is 0 Å². The highest BCUT2D eigenvalue weighted by Crippen LogP contribution is 2.31. The summed E-state index contributed by atoms with van der Waals surface area (Å²) in [7, 11) is 0. The highest BCUT2D eigenvalue weighted by molar-refractivity contribution is 6.57. The van der Waals surface area contributed by atoms with E-state index >= 15 is 0 Å². The summed E-state index contributed by atoms with van der Waals surface area (Å²) in [5.41, 5.74) is 4.49. The van der Waals surface area contributed by atoms with E-state index in [4.69, 9.17) is 9.15 Å². The molecule has 0 atom stereocenters. The Morgan fingerprint density at radius 2 is 1.90 bits per heavy atom. The quantitative estimate of drug-likeness (QED) is 0.237. The first-order valence-electron chi connectivity index (χ1n) is 10.7. The number of carbonyl (C=O) groups is 1. The van der Waals surface area contributed by atoms with Gasteiger partial charge in [0, 0.05) is 16.5 Å². The maximum atomic E-state index is 11.9. The summed E-state index contributed by atoms with van der Waals surface area (Å²) >= 11 is 0. The molecule has 2 aromatic carbocycles. The lowest BCUT2D eigenvalue weighted by Crippen LogP contribution is -2.33. The number of esters is 1. The number of fused-ring (bicyclic) bond motifs is 1. The van der Waals surface area contributed by atoms with Crippen molar-refractivity contribution in [1.29, 1.82) is 0 Å². The van der Waals surface area contributed by atoms with Crippen LogP contribution >= 0.6 is 0 Å². The minimum absolute atomic E-state index is 0.330. The molecule has 0 saturated carbocycles. The average molecular weight is 402 g/mol. The summed E-state index contributed by atoms with van der Waals surface area (Å²) in [6, 6.07) is 16.9. The van der Waals surface area contributed by atoms with Gasteiger partial charge in [-0.05, 0) is 57.5 Å². The Morgan fingerprint density at radius 1 is 1.17 bits per heavy atom. The molecule has 0 aliphatic carbocycles. The Hall–Kier alpha value is -2.75. The van der Waals surface area contributed by atoms with Gasteiger partial charge in [-0.2, -0.15) is 0 Å². The first-order valence-corrected chi connectivity index (χ1v) is 10.7. The predicted octanol–water partition coefficient (Wildman–Crippen LogP) is 6.77. The molecule has 3 aromatic rings. The van der Waals surface area contributed by atoms with Crippen LogP contribution in [0.4, 0.5) is 0 Å². The van der Waals surface area contributed by atoms with Crippen LogP contribution in [0.3, 0.4) is 0 Å². The van der Waals surface area contributed by atoms with Gasteiger partial charge in [-0.1, -0.05) is 62.3 Å². The van der Waals surface area contributed by atoms with E-state index in [0.29, 0.717) is 12.3 Å². The van der Waals surface area contributed by atoms with Crippen LogP contribution in [0.2, 0.25) is 13.1 Å². The minimum atomic E-state index is -0.527. The summed E-state index contributed by atoms with van der Waals surface area (Å²) < 4.78 is 11.8. The van der Waals surface area contributed by atoms with Gasteiger partial charge in [-0.3, -0.25) is 0 Å². The highest BCUT2D eigenvalue weighted by Gasteiger charge is 2.27. The number of hydrogen-bond acceptors (Lipinski definition) is 3. The number of hydrogen-bond donors (Lipinski definition) is 0. The van der Waals surface area contributed by atoms with E-state index in [1.54, 1.807) is 6.92 Å². The zero-order chi connectivity index (χ0) is 21.9. The molecule has 0 bridgehead atoms. The molecule has 0 N–H and O–H groups in total. The molecule has 1 aromatic heterocycles. The summed E-state index contributed by atoms with van der Waals surface area (Å²) in [6.07, 6.45) is 2.64. The third kappa shape index (κ3) is 5.24. The van der Waals surface area contributed by atoms with Crippen molar-refractivity contribution in [3.63, 3.8) is 0 Å². The van der Waals surface area contributed by atoms with E-state index in [0.717, 1.165) is 41.4 Å². The summed E-state index contributed by atoms with van der Waals surface area (Å²) in [5.74, 6) is 0.588. The van der Waals surface area contributed by atoms with Gasteiger partial charge in [0.1, 0.15) is 23.7 Å². The molecular weight excluding hydrogens is 371 g/mol. The van der Waals surface area contributed by atoms with E-state index in [1.807, 2.05) is 13.8 Å². The molecule has 0 saturated heterocycles. The van der Waals surface area contributed by atoms with E-state index in [2.05, 4.69) is 68.9 Å². The lowest BCUT2D eigenvalue weighted by atomic mass is 9.43. The number of carbonyl (C=O) groups excluding carboxylic acids is 1. The molecule has 1 heterocycles. The van der Waals surface area contributed by atoms with Crippen molar-refractivity contribution in [2.45, 2.75) is 59.2 Å². The van der Waals surface area contributed by atoms with Gasteiger partial charge in [0.2, 0.25) is 0 Å². The van der Waals surface area contributed by atoms with Gasteiger partial charge < -0.3 is 9.15 Å². The molecule has 0 aliphatic heterocycles. The lowest BCUT2D eigenvalue weighted by molar-refractivity contribution is -0.149. The first-order chi connectivity index (χ1) is 14.2. The molecule has 156 valence electrons. The normalized spacial score (nSPS) is 11.5. The van der Waals surface area contributed by atoms with Crippen molar-refractivity contribution in [1.82, 2.24) is 0 Å². The number of aryl methyl sites for hydroxylation is 1. The van der Waals surface area contributed by atoms with E-state index in [-0.39, 0.29) is 5.97 Å². The van der Waals surface area contributed by atoms with Gasteiger partial charge >= 0.3 is 5.97 Å². The number of ether oxygens (including phenoxy) is 1. The highest BCUT2D eigenvalue weighted by atomic mass is 16.6. The third-order valence-corrected chi connectivity index (χ3v) is 5.39. The average Bonchev–Trinajstić information content (AvgIpc) is 3.10. The minimum Gasteiger partial charge on any atom is -0.457 e. The van der Waals surface area contributed by atoms with Crippen molar-refractivity contribution in [2.75, 3.05) is 0 Å². The summed E-state index contributed by atoms with van der Waals surface area (Å²) in [5, 5.41) is 1.11. The first kappa shape index (κ1) is 22.0. The molecule has 3 rings (SSSR count). The lowest BCUT2D eigenvalue weighted by Gasteiger charge is -2.27. The van der Waals surface area contributed by atoms with Crippen molar-refractivity contribution < 1.29 is 13.9 Å². The maximum absolute atomic E-state index is 11.9. The number of furan rings is 1. The zero-order valence-corrected chi connectivity index (χ0v) is 18.7. The second kappa shape index (κ2) is 8.95. The van der Waals surface area contributed by atoms with Crippen LogP contribution in [-0.2, 0) is 22.3 Å². The zero-order valence-electron chi connectivity index (χ0n) is 18.7. The summed E-state index contributed by atoms with van der Waals surface area (Å²) in [6.45, 7) is 14.0. The Balaban J connectivity index is 1.74. The van der Waals surface area contributed by atoms with Crippen molar-refractivity contribution in [3.8, 4) is 11.3 Å². The van der Waals surface area contributed by atoms with E-state index in [9.17, 15) is 4.79 Å². The Labute approximate surface area is 180 Å². The van der Waals surface area contributed by atoms with Crippen LogP contribution in [0.5, 0.6) is 0 Å². The van der Waals surface area contributed by atoms with Crippen LogP contribution in [-0.4, -0.2) is 18.3 Å². The molecule has 0 aliphatic rings. The smallest absolute Gasteiger partial charge is 0.333 e. The van der Waals surface area contributed by atoms with Crippen LogP contribution < -0.4 is 0 Å². The fraction of sp³-hybridized carbons (Fsp3) is 0.346. The molecule has 0 radical (unpaired) electrons.